The largest absolute Gasteiger partial charge is 0.0916 e. The van der Waals surface area contributed by atoms with Crippen molar-refractivity contribution in [3.8, 4) is 0 Å². The molecule has 0 fully saturated rings. The van der Waals surface area contributed by atoms with Crippen molar-refractivity contribution in [2.75, 3.05) is 0 Å². The highest BCUT2D eigenvalue weighted by Crippen LogP contribution is 2.26. The van der Waals surface area contributed by atoms with Gasteiger partial charge in [0, 0.05) is 0 Å². The van der Waals surface area contributed by atoms with Gasteiger partial charge >= 0.3 is 0 Å². The smallest absolute Gasteiger partial charge is 0.0690 e. The molecule has 118 valence electrons. The monoisotopic (exact) mass is 310 g/mol. The molecule has 20 heavy (non-hydrogen) atoms. The molecule has 0 aliphatic heterocycles. The quantitative estimate of drug-likeness (QED) is 0.318. The zero-order valence-electron chi connectivity index (χ0n) is 15.4. The molecule has 0 saturated carbocycles. The van der Waals surface area contributed by atoms with Crippen LogP contribution in [0.3, 0.4) is 0 Å². The normalized spacial score (nSPS) is 14.8. The molecule has 0 heterocycles. The first kappa shape index (κ1) is 19.9. The summed E-state index contributed by atoms with van der Waals surface area (Å²) in [5.41, 5.74) is 8.73. The van der Waals surface area contributed by atoms with Crippen molar-refractivity contribution in [3.63, 3.8) is 0 Å². The molecular formula is C18H38Si2. The lowest BCUT2D eigenvalue weighted by molar-refractivity contribution is 0.754. The summed E-state index contributed by atoms with van der Waals surface area (Å²) in [5.74, 6) is 0. The van der Waals surface area contributed by atoms with E-state index < -0.39 is 16.1 Å². The molecule has 0 aliphatic carbocycles. The zero-order valence-corrected chi connectivity index (χ0v) is 17.4. The Bertz CT molecular complexity index is 290. The minimum absolute atomic E-state index is 1.14. The molecule has 0 aromatic carbocycles. The van der Waals surface area contributed by atoms with Gasteiger partial charge in [-0.25, -0.2) is 0 Å². The van der Waals surface area contributed by atoms with Crippen LogP contribution in [0.4, 0.5) is 0 Å². The molecule has 0 amide bonds. The van der Waals surface area contributed by atoms with Crippen molar-refractivity contribution >= 4 is 16.1 Å². The van der Waals surface area contributed by atoms with Crippen LogP contribution < -0.4 is 0 Å². The number of unbranched alkanes of at least 4 members (excludes halogenated alkanes) is 2. The second-order valence-corrected chi connectivity index (χ2v) is 18.3. The number of allylic oxidation sites excluding steroid dienone is 2. The van der Waals surface area contributed by atoms with Crippen LogP contribution in [0.25, 0.3) is 0 Å². The van der Waals surface area contributed by atoms with Gasteiger partial charge in [0.15, 0.2) is 0 Å². The van der Waals surface area contributed by atoms with Crippen molar-refractivity contribution in [3.05, 3.63) is 22.5 Å². The van der Waals surface area contributed by atoms with E-state index in [4.69, 9.17) is 0 Å². The van der Waals surface area contributed by atoms with Gasteiger partial charge in [-0.05, 0) is 25.7 Å². The highest BCUT2D eigenvalue weighted by molar-refractivity contribution is 6.81. The van der Waals surface area contributed by atoms with Crippen LogP contribution in [0, 0.1) is 0 Å². The summed E-state index contributed by atoms with van der Waals surface area (Å²) >= 11 is 0. The lowest BCUT2D eigenvalue weighted by Gasteiger charge is -2.21. The predicted octanol–water partition coefficient (Wildman–Crippen LogP) is 6.97. The fraction of sp³-hybridized carbons (Fsp3) is 0.778. The van der Waals surface area contributed by atoms with E-state index in [0.717, 1.165) is 0 Å². The maximum Gasteiger partial charge on any atom is 0.0690 e. The van der Waals surface area contributed by atoms with Gasteiger partial charge < -0.3 is 0 Å². The van der Waals surface area contributed by atoms with Crippen LogP contribution in [0.15, 0.2) is 22.5 Å². The van der Waals surface area contributed by atoms with E-state index in [1.807, 2.05) is 0 Å². The Hall–Kier alpha value is -0.0862. The summed E-state index contributed by atoms with van der Waals surface area (Å²) in [4.78, 5) is 0. The summed E-state index contributed by atoms with van der Waals surface area (Å²) in [7, 11) is -2.27. The van der Waals surface area contributed by atoms with Crippen LogP contribution in [-0.2, 0) is 0 Å². The van der Waals surface area contributed by atoms with Crippen molar-refractivity contribution in [2.24, 2.45) is 0 Å². The van der Waals surface area contributed by atoms with Crippen LogP contribution >= 0.6 is 0 Å². The van der Waals surface area contributed by atoms with Gasteiger partial charge in [0.1, 0.15) is 0 Å². The lowest BCUT2D eigenvalue weighted by atomic mass is 9.99. The van der Waals surface area contributed by atoms with Crippen LogP contribution in [0.5, 0.6) is 0 Å². The van der Waals surface area contributed by atoms with E-state index in [0.29, 0.717) is 0 Å². The summed E-state index contributed by atoms with van der Waals surface area (Å²) in [6, 6.07) is 0. The third kappa shape index (κ3) is 10.7. The van der Waals surface area contributed by atoms with Crippen molar-refractivity contribution in [1.29, 1.82) is 0 Å². The highest BCUT2D eigenvalue weighted by atomic mass is 28.3. The maximum atomic E-state index is 2.67. The van der Waals surface area contributed by atoms with Gasteiger partial charge in [0.2, 0.25) is 0 Å². The average molecular weight is 311 g/mol. The van der Waals surface area contributed by atoms with Crippen molar-refractivity contribution in [2.45, 2.75) is 91.7 Å². The second kappa shape index (κ2) is 9.04. The molecule has 0 unspecified atom stereocenters. The fourth-order valence-corrected chi connectivity index (χ4v) is 5.18. The molecule has 0 rings (SSSR count). The fourth-order valence-electron chi connectivity index (χ4n) is 2.43. The van der Waals surface area contributed by atoms with Crippen molar-refractivity contribution < 1.29 is 0 Å². The Morgan fingerprint density at radius 1 is 0.650 bits per heavy atom. The lowest BCUT2D eigenvalue weighted by Crippen LogP contribution is -2.20. The van der Waals surface area contributed by atoms with Gasteiger partial charge in [0.25, 0.3) is 0 Å². The second-order valence-electron chi connectivity index (χ2n) is 8.28. The topological polar surface area (TPSA) is 0 Å². The molecule has 0 aromatic rings. The van der Waals surface area contributed by atoms with Crippen molar-refractivity contribution in [1.82, 2.24) is 0 Å². The van der Waals surface area contributed by atoms with Crippen LogP contribution in [-0.4, -0.2) is 16.1 Å². The molecule has 0 N–H and O–H groups in total. The van der Waals surface area contributed by atoms with Gasteiger partial charge in [-0.3, -0.25) is 0 Å². The highest BCUT2D eigenvalue weighted by Gasteiger charge is 2.17. The van der Waals surface area contributed by atoms with E-state index in [-0.39, 0.29) is 0 Å². The van der Waals surface area contributed by atoms with Crippen LogP contribution in [0.1, 0.15) is 52.4 Å². The molecule has 0 saturated heterocycles. The summed E-state index contributed by atoms with van der Waals surface area (Å²) in [6.07, 6.45) is 7.87. The number of hydrogen-bond acceptors (Lipinski definition) is 0. The van der Waals surface area contributed by atoms with Gasteiger partial charge in [-0.1, -0.05) is 88.5 Å². The molecule has 0 atom stereocenters. The minimum Gasteiger partial charge on any atom is -0.0916 e. The Morgan fingerprint density at radius 3 is 1.15 bits per heavy atom. The average Bonchev–Trinajstić information content (AvgIpc) is 2.27. The Morgan fingerprint density at radius 2 is 0.950 bits per heavy atom. The summed E-state index contributed by atoms with van der Waals surface area (Å²) < 4.78 is 0. The molecule has 0 spiro atoms. The van der Waals surface area contributed by atoms with E-state index in [2.05, 4.69) is 64.5 Å². The number of hydrogen-bond donors (Lipinski definition) is 0. The molecule has 0 bridgehead atoms. The van der Waals surface area contributed by atoms with Crippen LogP contribution in [0.2, 0.25) is 39.3 Å². The first-order chi connectivity index (χ1) is 9.09. The van der Waals surface area contributed by atoms with E-state index in [1.165, 1.54) is 38.5 Å². The zero-order chi connectivity index (χ0) is 15.8. The third-order valence-corrected chi connectivity index (χ3v) is 5.66. The molecule has 2 heteroatoms. The Kier molecular flexibility index (Phi) is 9.00. The van der Waals surface area contributed by atoms with E-state index in [9.17, 15) is 0 Å². The van der Waals surface area contributed by atoms with Gasteiger partial charge in [-0.2, -0.15) is 0 Å². The summed E-state index contributed by atoms with van der Waals surface area (Å²) in [5, 5.41) is 0. The van der Waals surface area contributed by atoms with E-state index in [1.54, 1.807) is 11.1 Å². The molecule has 0 aliphatic rings. The first-order valence-corrected chi connectivity index (χ1v) is 15.7. The molecule has 0 nitrogen and oxygen atoms in total. The molecule has 0 radical (unpaired) electrons. The first-order valence-electron chi connectivity index (χ1n) is 8.53. The van der Waals surface area contributed by atoms with E-state index >= 15 is 0 Å². The minimum atomic E-state index is -1.14. The van der Waals surface area contributed by atoms with Gasteiger partial charge in [-0.15, -0.1) is 0 Å². The number of rotatable bonds is 9. The maximum absolute atomic E-state index is 2.67. The summed E-state index contributed by atoms with van der Waals surface area (Å²) in [6.45, 7) is 19.4. The standard InChI is InChI=1S/C18H38Si2/c1-9-11-13-17(15-19(3,4)5)18(14-12-10-2)16-20(6,7)8/h15-16H,9-14H2,1-8H3/b17-15+,18-16?. The van der Waals surface area contributed by atoms with Gasteiger partial charge in [0.05, 0.1) is 16.1 Å². The predicted molar refractivity (Wildman–Crippen MR) is 102 cm³/mol. The molecular weight excluding hydrogens is 272 g/mol. The Labute approximate surface area is 130 Å². The SMILES string of the molecule is CCCCC(=C[Si](C)(C)C)/C(=C/[Si](C)(C)C)CCCC. The molecule has 0 aromatic heterocycles. The third-order valence-electron chi connectivity index (χ3n) is 3.23. The Balaban J connectivity index is 5.39.